The lowest BCUT2D eigenvalue weighted by Crippen LogP contribution is -2.48. The van der Waals surface area contributed by atoms with Crippen LogP contribution in [0.4, 0.5) is 0 Å². The molecule has 4 N–H and O–H groups in total. The summed E-state index contributed by atoms with van der Waals surface area (Å²) in [6, 6.07) is 0.568. The van der Waals surface area contributed by atoms with Gasteiger partial charge in [-0.3, -0.25) is 0 Å². The van der Waals surface area contributed by atoms with E-state index in [-0.39, 0.29) is 12.1 Å². The number of hydrogen-bond donors (Lipinski definition) is 3. The molecular weight excluding hydrogens is 204 g/mol. The maximum Gasteiger partial charge on any atom is 0.0693 e. The number of ether oxygens (including phenoxy) is 1. The second-order valence-electron chi connectivity index (χ2n) is 4.71. The summed E-state index contributed by atoms with van der Waals surface area (Å²) in [5, 5.41) is 13.4. The zero-order valence-electron chi connectivity index (χ0n) is 10.3. The molecule has 96 valence electrons. The molecule has 1 saturated carbocycles. The Morgan fingerprint density at radius 1 is 1.44 bits per heavy atom. The van der Waals surface area contributed by atoms with Gasteiger partial charge in [0.05, 0.1) is 12.7 Å². The van der Waals surface area contributed by atoms with Crippen molar-refractivity contribution in [1.29, 1.82) is 0 Å². The van der Waals surface area contributed by atoms with Crippen LogP contribution in [0.5, 0.6) is 0 Å². The van der Waals surface area contributed by atoms with Crippen molar-refractivity contribution in [1.82, 2.24) is 5.32 Å². The van der Waals surface area contributed by atoms with Crippen molar-refractivity contribution in [3.8, 4) is 0 Å². The molecule has 3 atom stereocenters. The molecule has 1 rings (SSSR count). The number of nitrogens with two attached hydrogens (primary N) is 1. The fourth-order valence-corrected chi connectivity index (χ4v) is 2.39. The molecule has 0 bridgehead atoms. The van der Waals surface area contributed by atoms with E-state index < -0.39 is 0 Å². The first-order chi connectivity index (χ1) is 7.77. The van der Waals surface area contributed by atoms with Gasteiger partial charge in [0.2, 0.25) is 0 Å². The summed E-state index contributed by atoms with van der Waals surface area (Å²) in [4.78, 5) is 0. The van der Waals surface area contributed by atoms with Gasteiger partial charge >= 0.3 is 0 Å². The van der Waals surface area contributed by atoms with Crippen molar-refractivity contribution in [2.45, 2.75) is 56.7 Å². The molecule has 0 aromatic carbocycles. The molecule has 16 heavy (non-hydrogen) atoms. The van der Waals surface area contributed by atoms with Gasteiger partial charge < -0.3 is 20.9 Å². The van der Waals surface area contributed by atoms with E-state index in [0.29, 0.717) is 12.6 Å². The van der Waals surface area contributed by atoms with Crippen LogP contribution in [-0.2, 0) is 4.74 Å². The van der Waals surface area contributed by atoms with Crippen LogP contribution in [0.2, 0.25) is 0 Å². The fraction of sp³-hybridized carbons (Fsp3) is 1.00. The Morgan fingerprint density at radius 2 is 2.19 bits per heavy atom. The van der Waals surface area contributed by atoms with Gasteiger partial charge in [-0.1, -0.05) is 12.8 Å². The highest BCUT2D eigenvalue weighted by molar-refractivity contribution is 4.83. The quantitative estimate of drug-likeness (QED) is 0.600. The Labute approximate surface area is 98.5 Å². The van der Waals surface area contributed by atoms with Crippen LogP contribution >= 0.6 is 0 Å². The normalized spacial score (nSPS) is 27.9. The maximum absolute atomic E-state index is 9.88. The molecule has 0 aromatic heterocycles. The third-order valence-electron chi connectivity index (χ3n) is 3.30. The maximum atomic E-state index is 9.88. The number of methoxy groups -OCH3 is 1. The summed E-state index contributed by atoms with van der Waals surface area (Å²) in [5.74, 6) is 0. The highest BCUT2D eigenvalue weighted by Gasteiger charge is 2.24. The van der Waals surface area contributed by atoms with E-state index in [1.165, 1.54) is 6.42 Å². The minimum absolute atomic E-state index is 0.189. The Morgan fingerprint density at radius 3 is 2.81 bits per heavy atom. The number of rotatable bonds is 7. The van der Waals surface area contributed by atoms with Crippen LogP contribution in [-0.4, -0.2) is 43.6 Å². The van der Waals surface area contributed by atoms with Gasteiger partial charge in [-0.05, 0) is 32.2 Å². The Kier molecular flexibility index (Phi) is 6.96. The van der Waals surface area contributed by atoms with Gasteiger partial charge in [0, 0.05) is 19.2 Å². The van der Waals surface area contributed by atoms with E-state index >= 15 is 0 Å². The van der Waals surface area contributed by atoms with Crippen LogP contribution in [0.25, 0.3) is 0 Å². The van der Waals surface area contributed by atoms with Gasteiger partial charge in [0.25, 0.3) is 0 Å². The zero-order chi connectivity index (χ0) is 11.8. The van der Waals surface area contributed by atoms with Crippen molar-refractivity contribution in [2.75, 3.05) is 20.3 Å². The minimum Gasteiger partial charge on any atom is -0.392 e. The third-order valence-corrected chi connectivity index (χ3v) is 3.30. The SMILES string of the molecule is COCC(CCCN)NC1CCCCC1O. The van der Waals surface area contributed by atoms with E-state index in [0.717, 1.165) is 38.6 Å². The van der Waals surface area contributed by atoms with Gasteiger partial charge in [0.1, 0.15) is 0 Å². The van der Waals surface area contributed by atoms with E-state index in [1.54, 1.807) is 7.11 Å². The van der Waals surface area contributed by atoms with Crippen LogP contribution in [0.3, 0.4) is 0 Å². The molecule has 1 fully saturated rings. The smallest absolute Gasteiger partial charge is 0.0693 e. The standard InChI is InChI=1S/C12H26N2O2/c1-16-9-10(5-4-8-13)14-11-6-2-3-7-12(11)15/h10-12,14-15H,2-9,13H2,1H3. The summed E-state index contributed by atoms with van der Waals surface area (Å²) in [6.07, 6.45) is 6.20. The minimum atomic E-state index is -0.189. The molecule has 0 radical (unpaired) electrons. The lowest BCUT2D eigenvalue weighted by atomic mass is 9.91. The molecule has 3 unspecified atom stereocenters. The van der Waals surface area contributed by atoms with Crippen LogP contribution in [0.1, 0.15) is 38.5 Å². The van der Waals surface area contributed by atoms with Gasteiger partial charge in [-0.2, -0.15) is 0 Å². The highest BCUT2D eigenvalue weighted by Crippen LogP contribution is 2.19. The van der Waals surface area contributed by atoms with Crippen molar-refractivity contribution in [3.63, 3.8) is 0 Å². The van der Waals surface area contributed by atoms with Crippen molar-refractivity contribution in [2.24, 2.45) is 5.73 Å². The highest BCUT2D eigenvalue weighted by atomic mass is 16.5. The molecule has 1 aliphatic rings. The molecule has 0 amide bonds. The van der Waals surface area contributed by atoms with E-state index in [9.17, 15) is 5.11 Å². The lowest BCUT2D eigenvalue weighted by molar-refractivity contribution is 0.0715. The van der Waals surface area contributed by atoms with E-state index in [1.807, 2.05) is 0 Å². The number of nitrogens with one attached hydrogen (secondary N) is 1. The number of aliphatic hydroxyl groups is 1. The fourth-order valence-electron chi connectivity index (χ4n) is 2.39. The molecule has 4 heteroatoms. The summed E-state index contributed by atoms with van der Waals surface area (Å²) >= 11 is 0. The first-order valence-corrected chi connectivity index (χ1v) is 6.41. The van der Waals surface area contributed by atoms with Gasteiger partial charge in [0.15, 0.2) is 0 Å². The molecular formula is C12H26N2O2. The van der Waals surface area contributed by atoms with Crippen LogP contribution in [0.15, 0.2) is 0 Å². The Balaban J connectivity index is 2.33. The summed E-state index contributed by atoms with van der Waals surface area (Å²) < 4.78 is 5.19. The van der Waals surface area contributed by atoms with Crippen molar-refractivity contribution < 1.29 is 9.84 Å². The number of hydrogen-bond acceptors (Lipinski definition) is 4. The average molecular weight is 230 g/mol. The van der Waals surface area contributed by atoms with Crippen molar-refractivity contribution in [3.05, 3.63) is 0 Å². The first-order valence-electron chi connectivity index (χ1n) is 6.41. The van der Waals surface area contributed by atoms with E-state index in [4.69, 9.17) is 10.5 Å². The first kappa shape index (κ1) is 13.9. The molecule has 4 nitrogen and oxygen atoms in total. The second kappa shape index (κ2) is 8.01. The summed E-state index contributed by atoms with van der Waals surface area (Å²) in [6.45, 7) is 1.42. The predicted octanol–water partition coefficient (Wildman–Crippen LogP) is 0.633. The Hall–Kier alpha value is -0.160. The molecule has 0 heterocycles. The van der Waals surface area contributed by atoms with Gasteiger partial charge in [-0.15, -0.1) is 0 Å². The lowest BCUT2D eigenvalue weighted by Gasteiger charge is -2.32. The average Bonchev–Trinajstić information content (AvgIpc) is 2.29. The third kappa shape index (κ3) is 4.78. The van der Waals surface area contributed by atoms with Crippen LogP contribution < -0.4 is 11.1 Å². The summed E-state index contributed by atoms with van der Waals surface area (Å²) in [7, 11) is 1.72. The van der Waals surface area contributed by atoms with Crippen LogP contribution in [0, 0.1) is 0 Å². The topological polar surface area (TPSA) is 67.5 Å². The molecule has 0 aliphatic heterocycles. The number of aliphatic hydroxyl groups excluding tert-OH is 1. The largest absolute Gasteiger partial charge is 0.392 e. The molecule has 0 saturated heterocycles. The van der Waals surface area contributed by atoms with Crippen molar-refractivity contribution >= 4 is 0 Å². The van der Waals surface area contributed by atoms with Gasteiger partial charge in [-0.25, -0.2) is 0 Å². The van der Waals surface area contributed by atoms with E-state index in [2.05, 4.69) is 5.32 Å². The predicted molar refractivity (Wildman–Crippen MR) is 65.4 cm³/mol. The molecule has 1 aliphatic carbocycles. The summed E-state index contributed by atoms with van der Waals surface area (Å²) in [5.41, 5.74) is 5.52. The monoisotopic (exact) mass is 230 g/mol. The molecule has 0 spiro atoms. The Bertz CT molecular complexity index is 178. The second-order valence-corrected chi connectivity index (χ2v) is 4.71. The molecule has 0 aromatic rings. The zero-order valence-corrected chi connectivity index (χ0v) is 10.3.